The quantitative estimate of drug-likeness (QED) is 0.223. The minimum Gasteiger partial charge on any atom is -0.421 e. The highest BCUT2D eigenvalue weighted by Gasteiger charge is 2.32. The third kappa shape index (κ3) is 5.05. The van der Waals surface area contributed by atoms with Gasteiger partial charge in [0.05, 0.1) is 21.7 Å². The van der Waals surface area contributed by atoms with Gasteiger partial charge in [-0.15, -0.1) is 0 Å². The van der Waals surface area contributed by atoms with Crippen LogP contribution in [0.1, 0.15) is 50.9 Å². The Bertz CT molecular complexity index is 1900. The zero-order valence-corrected chi connectivity index (χ0v) is 25.7. The topological polar surface area (TPSA) is 110 Å². The molecule has 1 aliphatic rings. The lowest BCUT2D eigenvalue weighted by Gasteiger charge is -2.21. The Balaban J connectivity index is 1.80. The number of nitrogens with one attached hydrogen (secondary N) is 2. The van der Waals surface area contributed by atoms with E-state index in [0.717, 1.165) is 12.8 Å². The van der Waals surface area contributed by atoms with Crippen molar-refractivity contribution in [1.82, 2.24) is 4.57 Å². The molecular formula is C29H29FIN3O5S. The molecule has 0 unspecified atom stereocenters. The average molecular weight is 678 g/mol. The zero-order chi connectivity index (χ0) is 29.1. The van der Waals surface area contributed by atoms with Crippen molar-refractivity contribution in [3.05, 3.63) is 83.9 Å². The average Bonchev–Trinajstić information content (AvgIpc) is 3.68. The van der Waals surface area contributed by atoms with Crippen LogP contribution in [0.3, 0.4) is 0 Å². The molecule has 0 spiro atoms. The van der Waals surface area contributed by atoms with E-state index >= 15 is 0 Å². The van der Waals surface area contributed by atoms with Crippen LogP contribution in [0.25, 0.3) is 22.1 Å². The predicted molar refractivity (Wildman–Crippen MR) is 165 cm³/mol. The first-order valence-corrected chi connectivity index (χ1v) is 15.3. The molecule has 210 valence electrons. The summed E-state index contributed by atoms with van der Waals surface area (Å²) in [7, 11) is -3.71. The molecule has 1 aliphatic carbocycles. The third-order valence-corrected chi connectivity index (χ3v) is 9.84. The fraction of sp³-hybridized carbons (Fsp3) is 0.310. The standard InChI is InChI=1S/C29H29FIN3O5S/c1-15-25(32-22-12-9-18(31)14-21(22)30)24-26(39-28(15)36)23(16(2)34(27(24)35)20-10-11-20)17-7-6-8-19(13-17)33-40(37,38)29(3,4)5/h6-9,12-14,20,32-33H,10-11H2,1-5H3. The van der Waals surface area contributed by atoms with Crippen LogP contribution in [-0.4, -0.2) is 17.7 Å². The summed E-state index contributed by atoms with van der Waals surface area (Å²) in [6.45, 7) is 8.12. The van der Waals surface area contributed by atoms with E-state index < -0.39 is 26.2 Å². The van der Waals surface area contributed by atoms with Gasteiger partial charge in [0, 0.05) is 26.6 Å². The third-order valence-electron chi connectivity index (χ3n) is 7.05. The zero-order valence-electron chi connectivity index (χ0n) is 22.7. The summed E-state index contributed by atoms with van der Waals surface area (Å²) in [5, 5.41) is 3.12. The van der Waals surface area contributed by atoms with E-state index in [2.05, 4.69) is 10.0 Å². The van der Waals surface area contributed by atoms with Crippen LogP contribution < -0.4 is 21.2 Å². The van der Waals surface area contributed by atoms with Gasteiger partial charge in [0.1, 0.15) is 11.2 Å². The smallest absolute Gasteiger partial charge is 0.341 e. The Kier molecular flexibility index (Phi) is 7.10. The van der Waals surface area contributed by atoms with Crippen LogP contribution in [0.4, 0.5) is 21.5 Å². The van der Waals surface area contributed by atoms with Crippen LogP contribution in [0.15, 0.2) is 56.5 Å². The Morgan fingerprint density at radius 1 is 1.07 bits per heavy atom. The molecule has 40 heavy (non-hydrogen) atoms. The number of pyridine rings is 1. The number of nitrogens with zero attached hydrogens (tertiary/aromatic N) is 1. The van der Waals surface area contributed by atoms with Crippen LogP contribution in [0, 0.1) is 23.2 Å². The summed E-state index contributed by atoms with van der Waals surface area (Å²) >= 11 is 2.00. The van der Waals surface area contributed by atoms with Crippen molar-refractivity contribution in [3.63, 3.8) is 0 Å². The summed E-state index contributed by atoms with van der Waals surface area (Å²) in [6.07, 6.45) is 1.64. The Morgan fingerprint density at radius 2 is 1.77 bits per heavy atom. The van der Waals surface area contributed by atoms with Crippen molar-refractivity contribution in [1.29, 1.82) is 0 Å². The number of benzene rings is 2. The lowest BCUT2D eigenvalue weighted by Crippen LogP contribution is -2.33. The SMILES string of the molecule is Cc1c(Nc2ccc(I)cc2F)c2c(=O)n(C3CC3)c(C)c(-c3cccc(NS(=O)(=O)C(C)(C)C)c3)c2oc1=O. The number of aromatic nitrogens is 1. The van der Waals surface area contributed by atoms with Gasteiger partial charge in [-0.3, -0.25) is 9.52 Å². The largest absolute Gasteiger partial charge is 0.421 e. The molecule has 2 aromatic heterocycles. The van der Waals surface area contributed by atoms with Crippen molar-refractivity contribution in [2.45, 2.75) is 58.2 Å². The molecule has 0 aliphatic heterocycles. The van der Waals surface area contributed by atoms with E-state index in [1.165, 1.54) is 13.0 Å². The highest BCUT2D eigenvalue weighted by molar-refractivity contribution is 14.1. The van der Waals surface area contributed by atoms with Crippen molar-refractivity contribution in [2.24, 2.45) is 0 Å². The summed E-state index contributed by atoms with van der Waals surface area (Å²) in [6, 6.07) is 11.4. The predicted octanol–water partition coefficient (Wildman–Crippen LogP) is 6.60. The number of hydrogen-bond donors (Lipinski definition) is 2. The first-order valence-electron chi connectivity index (χ1n) is 12.8. The molecule has 8 nitrogen and oxygen atoms in total. The highest BCUT2D eigenvalue weighted by atomic mass is 127. The summed E-state index contributed by atoms with van der Waals surface area (Å²) in [5.41, 5.74) is 1.45. The number of fused-ring (bicyclic) bond motifs is 1. The first-order chi connectivity index (χ1) is 18.7. The Morgan fingerprint density at radius 3 is 2.40 bits per heavy atom. The molecule has 2 aromatic carbocycles. The summed E-state index contributed by atoms with van der Waals surface area (Å²) in [4.78, 5) is 27.1. The second-order valence-electron chi connectivity index (χ2n) is 11.0. The van der Waals surface area contributed by atoms with Gasteiger partial charge in [-0.25, -0.2) is 17.6 Å². The van der Waals surface area contributed by atoms with Crippen molar-refractivity contribution in [3.8, 4) is 11.1 Å². The van der Waals surface area contributed by atoms with E-state index in [1.807, 2.05) is 22.6 Å². The molecule has 1 fully saturated rings. The maximum absolute atomic E-state index is 14.9. The summed E-state index contributed by atoms with van der Waals surface area (Å²) < 4.78 is 50.3. The molecule has 0 atom stereocenters. The van der Waals surface area contributed by atoms with Crippen molar-refractivity contribution in [2.75, 3.05) is 10.0 Å². The minimum atomic E-state index is -3.71. The molecule has 0 radical (unpaired) electrons. The molecule has 2 heterocycles. The van der Waals surface area contributed by atoms with Crippen LogP contribution in [0.5, 0.6) is 0 Å². The van der Waals surface area contributed by atoms with Gasteiger partial charge < -0.3 is 14.3 Å². The van der Waals surface area contributed by atoms with Crippen LogP contribution in [-0.2, 0) is 10.0 Å². The first kappa shape index (κ1) is 28.3. The number of halogens is 2. The van der Waals surface area contributed by atoms with E-state index in [0.29, 0.717) is 26.1 Å². The van der Waals surface area contributed by atoms with E-state index in [-0.39, 0.29) is 39.5 Å². The van der Waals surface area contributed by atoms with Gasteiger partial charge in [-0.2, -0.15) is 0 Å². The molecule has 5 rings (SSSR count). The van der Waals surface area contributed by atoms with Crippen LogP contribution in [0.2, 0.25) is 0 Å². The highest BCUT2D eigenvalue weighted by Crippen LogP contribution is 2.41. The molecule has 0 amide bonds. The minimum absolute atomic E-state index is 0.0200. The molecule has 2 N–H and O–H groups in total. The molecule has 1 saturated carbocycles. The lowest BCUT2D eigenvalue weighted by atomic mass is 9.99. The van der Waals surface area contributed by atoms with Gasteiger partial charge in [0.25, 0.3) is 5.56 Å². The molecule has 0 bridgehead atoms. The fourth-order valence-electron chi connectivity index (χ4n) is 4.60. The number of rotatable bonds is 6. The van der Waals surface area contributed by atoms with Crippen molar-refractivity contribution < 1.29 is 17.2 Å². The Labute approximate surface area is 244 Å². The van der Waals surface area contributed by atoms with Gasteiger partial charge >= 0.3 is 5.63 Å². The maximum Gasteiger partial charge on any atom is 0.341 e. The van der Waals surface area contributed by atoms with E-state index in [9.17, 15) is 22.4 Å². The number of sulfonamides is 1. The van der Waals surface area contributed by atoms with Crippen molar-refractivity contribution >= 4 is 60.6 Å². The second-order valence-corrected chi connectivity index (χ2v) is 14.7. The molecule has 0 saturated heterocycles. The van der Waals surface area contributed by atoms with E-state index in [1.54, 1.807) is 68.7 Å². The molecular weight excluding hydrogens is 648 g/mol. The van der Waals surface area contributed by atoms with Gasteiger partial charge in [0.2, 0.25) is 10.0 Å². The lowest BCUT2D eigenvalue weighted by molar-refractivity contribution is 0.553. The van der Waals surface area contributed by atoms with Gasteiger partial charge in [-0.05, 0) is 106 Å². The fourth-order valence-corrected chi connectivity index (χ4v) is 5.80. The maximum atomic E-state index is 14.9. The van der Waals surface area contributed by atoms with Gasteiger partial charge in [0.15, 0.2) is 5.58 Å². The van der Waals surface area contributed by atoms with Crippen LogP contribution >= 0.6 is 22.6 Å². The normalized spacial score (nSPS) is 14.0. The summed E-state index contributed by atoms with van der Waals surface area (Å²) in [5.74, 6) is -0.527. The second kappa shape index (κ2) is 10.0. The monoisotopic (exact) mass is 677 g/mol. The molecule has 4 aromatic rings. The number of anilines is 3. The Hall–Kier alpha value is -3.19. The number of hydrogen-bond acceptors (Lipinski definition) is 6. The molecule has 11 heteroatoms. The van der Waals surface area contributed by atoms with Gasteiger partial charge in [-0.1, -0.05) is 12.1 Å². The van der Waals surface area contributed by atoms with E-state index in [4.69, 9.17) is 4.42 Å².